The molecule has 0 amide bonds. The van der Waals surface area contributed by atoms with E-state index in [1.807, 2.05) is 35.0 Å². The van der Waals surface area contributed by atoms with E-state index in [-0.39, 0.29) is 11.6 Å². The van der Waals surface area contributed by atoms with E-state index >= 15 is 0 Å². The van der Waals surface area contributed by atoms with E-state index in [0.29, 0.717) is 12.0 Å². The minimum atomic E-state index is 0.00119. The summed E-state index contributed by atoms with van der Waals surface area (Å²) in [5.41, 5.74) is 3.83. The number of anilines is 1. The molecule has 7 nitrogen and oxygen atoms in total. The van der Waals surface area contributed by atoms with Gasteiger partial charge in [-0.3, -0.25) is 9.36 Å². The van der Waals surface area contributed by atoms with Crippen molar-refractivity contribution in [2.75, 3.05) is 31.6 Å². The molecule has 0 bridgehead atoms. The molecule has 0 radical (unpaired) electrons. The zero-order valence-corrected chi connectivity index (χ0v) is 22.7. The smallest absolute Gasteiger partial charge is 0.253 e. The fraction of sp³-hybridized carbons (Fsp3) is 0.406. The van der Waals surface area contributed by atoms with Gasteiger partial charge in [0, 0.05) is 53.9 Å². The maximum atomic E-state index is 13.6. The molecule has 0 atom stereocenters. The van der Waals surface area contributed by atoms with Gasteiger partial charge in [0.2, 0.25) is 5.95 Å². The number of ether oxygens (including phenoxy) is 1. The molecule has 4 aromatic rings. The summed E-state index contributed by atoms with van der Waals surface area (Å²) in [4.78, 5) is 25.8. The molecule has 1 aliphatic carbocycles. The Kier molecular flexibility index (Phi) is 7.59. The second-order valence-electron chi connectivity index (χ2n) is 10.8. The van der Waals surface area contributed by atoms with Gasteiger partial charge in [-0.05, 0) is 50.3 Å². The lowest BCUT2D eigenvalue weighted by molar-refractivity contribution is 0.415. The summed E-state index contributed by atoms with van der Waals surface area (Å²) in [6.45, 7) is 2.78. The number of benzene rings is 2. The number of nitrogens with one attached hydrogen (secondary N) is 1. The summed E-state index contributed by atoms with van der Waals surface area (Å²) in [6.07, 6.45) is 9.38. The standard InChI is InChI=1S/C32H37N5O2/c1-39-29-14-8-7-13-26(29)27-21-30(38)37(25-11-5-6-12-25)31-28(27)22-34-32(35-31)36-19-16-24(17-20-36)33-18-15-23-9-3-2-4-10-23/h2-4,7-10,13-14,21-22,24-25,33H,5-6,11-12,15-20H2,1H3. The SMILES string of the molecule is COc1ccccc1-c1cc(=O)n(C2CCCC2)c2nc(N3CCC(NCCc4ccccc4)CC3)ncc12. The Hall–Kier alpha value is -3.71. The second kappa shape index (κ2) is 11.6. The van der Waals surface area contributed by atoms with Crippen LogP contribution in [0.15, 0.2) is 71.7 Å². The van der Waals surface area contributed by atoms with E-state index in [4.69, 9.17) is 14.7 Å². The van der Waals surface area contributed by atoms with E-state index in [1.165, 1.54) is 5.56 Å². The third-order valence-electron chi connectivity index (χ3n) is 8.33. The van der Waals surface area contributed by atoms with Crippen LogP contribution >= 0.6 is 0 Å². The molecule has 6 rings (SSSR count). The Morgan fingerprint density at radius 3 is 2.46 bits per heavy atom. The van der Waals surface area contributed by atoms with Crippen molar-refractivity contribution in [3.8, 4) is 16.9 Å². The number of hydrogen-bond donors (Lipinski definition) is 1. The van der Waals surface area contributed by atoms with Crippen molar-refractivity contribution in [1.29, 1.82) is 0 Å². The van der Waals surface area contributed by atoms with Gasteiger partial charge in [0.05, 0.1) is 7.11 Å². The van der Waals surface area contributed by atoms with Crippen LogP contribution in [0.5, 0.6) is 5.75 Å². The summed E-state index contributed by atoms with van der Waals surface area (Å²) < 4.78 is 7.57. The largest absolute Gasteiger partial charge is 0.496 e. The van der Waals surface area contributed by atoms with E-state index in [0.717, 1.165) is 92.5 Å². The Balaban J connectivity index is 1.26. The molecule has 1 N–H and O–H groups in total. The summed E-state index contributed by atoms with van der Waals surface area (Å²) in [5.74, 6) is 1.45. The van der Waals surface area contributed by atoms with Crippen molar-refractivity contribution in [2.24, 2.45) is 0 Å². The van der Waals surface area contributed by atoms with E-state index in [9.17, 15) is 4.79 Å². The Labute approximate surface area is 229 Å². The molecule has 2 aromatic heterocycles. The van der Waals surface area contributed by atoms with E-state index in [2.05, 4.69) is 40.5 Å². The van der Waals surface area contributed by atoms with Gasteiger partial charge >= 0.3 is 0 Å². The molecule has 3 heterocycles. The van der Waals surface area contributed by atoms with Crippen LogP contribution in [0.4, 0.5) is 5.95 Å². The van der Waals surface area contributed by atoms with Gasteiger partial charge in [0.1, 0.15) is 11.4 Å². The summed E-state index contributed by atoms with van der Waals surface area (Å²) in [5, 5.41) is 4.63. The van der Waals surface area contributed by atoms with Crippen LogP contribution in [0.25, 0.3) is 22.2 Å². The molecular formula is C32H37N5O2. The third-order valence-corrected chi connectivity index (χ3v) is 8.33. The zero-order chi connectivity index (χ0) is 26.6. The van der Waals surface area contributed by atoms with Crippen molar-refractivity contribution in [1.82, 2.24) is 19.9 Å². The molecule has 202 valence electrons. The number of methoxy groups -OCH3 is 1. The highest BCUT2D eigenvalue weighted by molar-refractivity contribution is 5.94. The predicted octanol–water partition coefficient (Wildman–Crippen LogP) is 5.38. The predicted molar refractivity (Wildman–Crippen MR) is 157 cm³/mol. The number of para-hydroxylation sites is 1. The molecule has 1 aliphatic heterocycles. The topological polar surface area (TPSA) is 72.3 Å². The van der Waals surface area contributed by atoms with Crippen molar-refractivity contribution < 1.29 is 4.74 Å². The number of fused-ring (bicyclic) bond motifs is 1. The summed E-state index contributed by atoms with van der Waals surface area (Å²) >= 11 is 0. The molecule has 1 saturated heterocycles. The van der Waals surface area contributed by atoms with Gasteiger partial charge in [-0.1, -0.05) is 61.4 Å². The molecule has 2 fully saturated rings. The normalized spacial score (nSPS) is 16.7. The number of pyridine rings is 1. The van der Waals surface area contributed by atoms with Gasteiger partial charge in [0.15, 0.2) is 0 Å². The van der Waals surface area contributed by atoms with Crippen LogP contribution in [-0.4, -0.2) is 47.3 Å². The third kappa shape index (κ3) is 5.41. The first kappa shape index (κ1) is 25.6. The molecule has 39 heavy (non-hydrogen) atoms. The highest BCUT2D eigenvalue weighted by Crippen LogP contribution is 2.36. The van der Waals surface area contributed by atoms with Gasteiger partial charge in [-0.2, -0.15) is 4.98 Å². The Bertz CT molecular complexity index is 1470. The number of aromatic nitrogens is 3. The van der Waals surface area contributed by atoms with Gasteiger partial charge < -0.3 is 15.0 Å². The molecule has 0 unspecified atom stereocenters. The molecule has 1 saturated carbocycles. The van der Waals surface area contributed by atoms with Crippen LogP contribution in [0, 0.1) is 0 Å². The average Bonchev–Trinajstić information content (AvgIpc) is 3.52. The lowest BCUT2D eigenvalue weighted by atomic mass is 10.0. The molecular weight excluding hydrogens is 486 g/mol. The number of piperidine rings is 1. The minimum absolute atomic E-state index is 0.00119. The summed E-state index contributed by atoms with van der Waals surface area (Å²) in [7, 11) is 1.66. The highest BCUT2D eigenvalue weighted by Gasteiger charge is 2.25. The van der Waals surface area contributed by atoms with Crippen molar-refractivity contribution >= 4 is 17.0 Å². The fourth-order valence-electron chi connectivity index (χ4n) is 6.22. The maximum Gasteiger partial charge on any atom is 0.253 e. The highest BCUT2D eigenvalue weighted by atomic mass is 16.5. The lowest BCUT2D eigenvalue weighted by Crippen LogP contribution is -2.43. The van der Waals surface area contributed by atoms with Gasteiger partial charge in [-0.25, -0.2) is 4.98 Å². The molecule has 2 aromatic carbocycles. The van der Waals surface area contributed by atoms with Crippen LogP contribution in [0.3, 0.4) is 0 Å². The van der Waals surface area contributed by atoms with Crippen LogP contribution in [0.1, 0.15) is 50.1 Å². The summed E-state index contributed by atoms with van der Waals surface area (Å²) in [6, 6.07) is 20.9. The zero-order valence-electron chi connectivity index (χ0n) is 22.7. The molecule has 2 aliphatic rings. The quantitative estimate of drug-likeness (QED) is 0.334. The van der Waals surface area contributed by atoms with Gasteiger partial charge in [-0.15, -0.1) is 0 Å². The number of hydrogen-bond acceptors (Lipinski definition) is 6. The minimum Gasteiger partial charge on any atom is -0.496 e. The first-order valence-electron chi connectivity index (χ1n) is 14.3. The lowest BCUT2D eigenvalue weighted by Gasteiger charge is -2.32. The maximum absolute atomic E-state index is 13.6. The number of rotatable bonds is 8. The first-order chi connectivity index (χ1) is 19.2. The van der Waals surface area contributed by atoms with Crippen LogP contribution in [0.2, 0.25) is 0 Å². The van der Waals surface area contributed by atoms with Crippen molar-refractivity contribution in [3.05, 3.63) is 82.8 Å². The Morgan fingerprint density at radius 2 is 1.69 bits per heavy atom. The Morgan fingerprint density at radius 1 is 0.949 bits per heavy atom. The van der Waals surface area contributed by atoms with Crippen LogP contribution < -0.4 is 20.5 Å². The van der Waals surface area contributed by atoms with Crippen molar-refractivity contribution in [3.63, 3.8) is 0 Å². The first-order valence-corrected chi connectivity index (χ1v) is 14.3. The van der Waals surface area contributed by atoms with Crippen LogP contribution in [-0.2, 0) is 6.42 Å². The van der Waals surface area contributed by atoms with E-state index in [1.54, 1.807) is 13.2 Å². The monoisotopic (exact) mass is 523 g/mol. The average molecular weight is 524 g/mol. The molecule has 0 spiro atoms. The van der Waals surface area contributed by atoms with Gasteiger partial charge in [0.25, 0.3) is 5.56 Å². The van der Waals surface area contributed by atoms with E-state index < -0.39 is 0 Å². The number of nitrogens with zero attached hydrogens (tertiary/aromatic N) is 4. The molecule has 7 heteroatoms. The fourth-order valence-corrected chi connectivity index (χ4v) is 6.22. The van der Waals surface area contributed by atoms with Crippen molar-refractivity contribution in [2.45, 2.75) is 57.0 Å². The second-order valence-corrected chi connectivity index (χ2v) is 10.8.